The van der Waals surface area contributed by atoms with Crippen molar-refractivity contribution in [2.24, 2.45) is 7.05 Å². The summed E-state index contributed by atoms with van der Waals surface area (Å²) in [5.41, 5.74) is 1.87. The molecule has 2 amide bonds. The highest BCUT2D eigenvalue weighted by Crippen LogP contribution is 2.19. The van der Waals surface area contributed by atoms with Crippen LogP contribution in [0.1, 0.15) is 11.3 Å². The van der Waals surface area contributed by atoms with Crippen molar-refractivity contribution in [3.05, 3.63) is 68.5 Å². The van der Waals surface area contributed by atoms with Crippen molar-refractivity contribution in [2.45, 2.75) is 13.3 Å². The quantitative estimate of drug-likeness (QED) is 0.633. The Balaban J connectivity index is 1.65. The Kier molecular flexibility index (Phi) is 5.89. The molecule has 0 spiro atoms. The van der Waals surface area contributed by atoms with Gasteiger partial charge >= 0.3 is 0 Å². The van der Waals surface area contributed by atoms with Gasteiger partial charge in [-0.05, 0) is 36.8 Å². The number of aromatic nitrogens is 2. The summed E-state index contributed by atoms with van der Waals surface area (Å²) in [6.45, 7) is 1.73. The van der Waals surface area contributed by atoms with Crippen molar-refractivity contribution in [2.75, 3.05) is 11.9 Å². The van der Waals surface area contributed by atoms with E-state index in [0.717, 1.165) is 10.0 Å². The number of nitrogens with zero attached hydrogens (tertiary/aromatic N) is 2. The van der Waals surface area contributed by atoms with E-state index in [-0.39, 0.29) is 30.3 Å². The average Bonchev–Trinajstić information content (AvgIpc) is 2.66. The van der Waals surface area contributed by atoms with Crippen LogP contribution in [0.25, 0.3) is 10.8 Å². The number of nitrogens with one attached hydrogen (secondary N) is 2. The molecule has 3 rings (SSSR count). The van der Waals surface area contributed by atoms with Crippen molar-refractivity contribution in [1.29, 1.82) is 0 Å². The van der Waals surface area contributed by atoms with E-state index in [1.54, 1.807) is 37.4 Å². The predicted octanol–water partition coefficient (Wildman–Crippen LogP) is 2.30. The Bertz CT molecular complexity index is 1120. The molecule has 0 fully saturated rings. The second-order valence-electron chi connectivity index (χ2n) is 6.38. The van der Waals surface area contributed by atoms with Crippen LogP contribution in [0.4, 0.5) is 5.69 Å². The highest BCUT2D eigenvalue weighted by molar-refractivity contribution is 9.10. The Morgan fingerprint density at radius 2 is 1.82 bits per heavy atom. The first kappa shape index (κ1) is 19.8. The van der Waals surface area contributed by atoms with Gasteiger partial charge in [0.2, 0.25) is 11.8 Å². The standard InChI is InChI=1S/C20H19BrN4O3/c1-12-9-13(21)7-8-16(12)23-19(27)11-22-18(26)10-17-14-5-3-4-6-15(14)20(28)25(2)24-17/h3-9H,10-11H2,1-2H3,(H,22,26)(H,23,27). The van der Waals surface area contributed by atoms with E-state index in [1.165, 1.54) is 4.68 Å². The summed E-state index contributed by atoms with van der Waals surface area (Å²) in [7, 11) is 1.55. The number of rotatable bonds is 5. The van der Waals surface area contributed by atoms with Crippen molar-refractivity contribution >= 4 is 44.2 Å². The number of anilines is 1. The summed E-state index contributed by atoms with van der Waals surface area (Å²) >= 11 is 3.37. The van der Waals surface area contributed by atoms with Crippen LogP contribution in [-0.4, -0.2) is 28.1 Å². The van der Waals surface area contributed by atoms with E-state index in [4.69, 9.17) is 0 Å². The maximum Gasteiger partial charge on any atom is 0.274 e. The summed E-state index contributed by atoms with van der Waals surface area (Å²) in [6.07, 6.45) is -0.0285. The Morgan fingerprint density at radius 3 is 2.54 bits per heavy atom. The molecule has 0 unspecified atom stereocenters. The van der Waals surface area contributed by atoms with Crippen LogP contribution in [0.2, 0.25) is 0 Å². The number of hydrogen-bond acceptors (Lipinski definition) is 4. The molecule has 0 aliphatic heterocycles. The smallest absolute Gasteiger partial charge is 0.274 e. The monoisotopic (exact) mass is 442 g/mol. The molecule has 0 saturated carbocycles. The normalized spacial score (nSPS) is 10.7. The average molecular weight is 443 g/mol. The lowest BCUT2D eigenvalue weighted by atomic mass is 10.1. The maximum absolute atomic E-state index is 12.3. The molecule has 2 aromatic carbocycles. The number of benzene rings is 2. The number of fused-ring (bicyclic) bond motifs is 1. The minimum absolute atomic E-state index is 0.0285. The van der Waals surface area contributed by atoms with Crippen LogP contribution >= 0.6 is 15.9 Å². The predicted molar refractivity (Wildman–Crippen MR) is 111 cm³/mol. The first-order chi connectivity index (χ1) is 13.3. The molecule has 7 nitrogen and oxygen atoms in total. The van der Waals surface area contributed by atoms with Crippen molar-refractivity contribution in [1.82, 2.24) is 15.1 Å². The molecular formula is C20H19BrN4O3. The van der Waals surface area contributed by atoms with Crippen LogP contribution in [0.3, 0.4) is 0 Å². The largest absolute Gasteiger partial charge is 0.347 e. The molecule has 0 saturated heterocycles. The molecule has 3 aromatic rings. The Morgan fingerprint density at radius 1 is 1.11 bits per heavy atom. The van der Waals surface area contributed by atoms with Gasteiger partial charge in [-0.3, -0.25) is 14.4 Å². The Labute approximate surface area is 169 Å². The third-order valence-electron chi connectivity index (χ3n) is 4.27. The zero-order chi connectivity index (χ0) is 20.3. The fourth-order valence-corrected chi connectivity index (χ4v) is 3.34. The molecule has 1 aromatic heterocycles. The van der Waals surface area contributed by atoms with Gasteiger partial charge < -0.3 is 10.6 Å². The molecule has 8 heteroatoms. The van der Waals surface area contributed by atoms with Gasteiger partial charge in [-0.1, -0.05) is 34.1 Å². The van der Waals surface area contributed by atoms with E-state index >= 15 is 0 Å². The summed E-state index contributed by atoms with van der Waals surface area (Å²) in [6, 6.07) is 12.5. The van der Waals surface area contributed by atoms with Gasteiger partial charge in [-0.25, -0.2) is 4.68 Å². The van der Waals surface area contributed by atoms with Gasteiger partial charge in [0.05, 0.1) is 24.0 Å². The SMILES string of the molecule is Cc1cc(Br)ccc1NC(=O)CNC(=O)Cc1nn(C)c(=O)c2ccccc12. The van der Waals surface area contributed by atoms with Gasteiger partial charge in [-0.2, -0.15) is 5.10 Å². The maximum atomic E-state index is 12.3. The Hall–Kier alpha value is -3.00. The molecule has 0 aliphatic carbocycles. The number of amides is 2. The lowest BCUT2D eigenvalue weighted by molar-refractivity contribution is -0.123. The van der Waals surface area contributed by atoms with E-state index in [2.05, 4.69) is 31.7 Å². The number of carbonyl (C=O) groups excluding carboxylic acids is 2. The van der Waals surface area contributed by atoms with E-state index in [0.29, 0.717) is 22.2 Å². The highest BCUT2D eigenvalue weighted by Gasteiger charge is 2.13. The second-order valence-corrected chi connectivity index (χ2v) is 7.30. The fraction of sp³-hybridized carbons (Fsp3) is 0.200. The third-order valence-corrected chi connectivity index (χ3v) is 4.76. The number of carbonyl (C=O) groups is 2. The zero-order valence-electron chi connectivity index (χ0n) is 15.5. The minimum atomic E-state index is -0.348. The van der Waals surface area contributed by atoms with E-state index in [1.807, 2.05) is 19.1 Å². The van der Waals surface area contributed by atoms with Crippen LogP contribution < -0.4 is 16.2 Å². The summed E-state index contributed by atoms with van der Waals surface area (Å²) in [5, 5.41) is 10.7. The summed E-state index contributed by atoms with van der Waals surface area (Å²) in [4.78, 5) is 36.6. The highest BCUT2D eigenvalue weighted by atomic mass is 79.9. The first-order valence-corrected chi connectivity index (χ1v) is 9.42. The van der Waals surface area contributed by atoms with Crippen LogP contribution in [0.5, 0.6) is 0 Å². The minimum Gasteiger partial charge on any atom is -0.347 e. The fourth-order valence-electron chi connectivity index (χ4n) is 2.86. The lowest BCUT2D eigenvalue weighted by Gasteiger charge is -2.10. The molecule has 1 heterocycles. The molecule has 28 heavy (non-hydrogen) atoms. The van der Waals surface area contributed by atoms with Gasteiger partial charge in [0.1, 0.15) is 0 Å². The van der Waals surface area contributed by atoms with Crippen molar-refractivity contribution in [3.63, 3.8) is 0 Å². The summed E-state index contributed by atoms with van der Waals surface area (Å²) < 4.78 is 2.14. The zero-order valence-corrected chi connectivity index (χ0v) is 17.0. The molecule has 0 bridgehead atoms. The van der Waals surface area contributed by atoms with Crippen molar-refractivity contribution < 1.29 is 9.59 Å². The molecule has 0 radical (unpaired) electrons. The molecule has 2 N–H and O–H groups in total. The van der Waals surface area contributed by atoms with Crippen LogP contribution in [0.15, 0.2) is 51.7 Å². The van der Waals surface area contributed by atoms with Gasteiger partial charge in [-0.15, -0.1) is 0 Å². The first-order valence-electron chi connectivity index (χ1n) is 8.63. The number of halogens is 1. The lowest BCUT2D eigenvalue weighted by Crippen LogP contribution is -2.34. The van der Waals surface area contributed by atoms with Crippen LogP contribution in [0, 0.1) is 6.92 Å². The van der Waals surface area contributed by atoms with Gasteiger partial charge in [0, 0.05) is 22.6 Å². The topological polar surface area (TPSA) is 93.1 Å². The third kappa shape index (κ3) is 4.45. The van der Waals surface area contributed by atoms with Gasteiger partial charge in [0.15, 0.2) is 0 Å². The van der Waals surface area contributed by atoms with Gasteiger partial charge in [0.25, 0.3) is 5.56 Å². The van der Waals surface area contributed by atoms with E-state index in [9.17, 15) is 14.4 Å². The van der Waals surface area contributed by atoms with E-state index < -0.39 is 0 Å². The molecular weight excluding hydrogens is 424 g/mol. The van der Waals surface area contributed by atoms with Crippen LogP contribution in [-0.2, 0) is 23.1 Å². The summed E-state index contributed by atoms with van der Waals surface area (Å²) in [5.74, 6) is -0.670. The second kappa shape index (κ2) is 8.35. The molecule has 0 atom stereocenters. The number of aryl methyl sites for hydroxylation is 2. The number of hydrogen-bond donors (Lipinski definition) is 2. The van der Waals surface area contributed by atoms with Crippen molar-refractivity contribution in [3.8, 4) is 0 Å². The molecule has 0 aliphatic rings. The molecule has 144 valence electrons.